The molecule has 1 saturated heterocycles. The average molecular weight is 423 g/mol. The average Bonchev–Trinajstić information content (AvgIpc) is 3.34. The van der Waals surface area contributed by atoms with Gasteiger partial charge in [0, 0.05) is 22.5 Å². The third-order valence-electron chi connectivity index (χ3n) is 6.04. The lowest BCUT2D eigenvalue weighted by molar-refractivity contribution is -0.117. The molecule has 3 heterocycles. The number of sulfone groups is 1. The Labute approximate surface area is 173 Å². The van der Waals surface area contributed by atoms with Crippen LogP contribution in [-0.4, -0.2) is 41.0 Å². The first kappa shape index (κ1) is 18.9. The van der Waals surface area contributed by atoms with Crippen molar-refractivity contribution in [3.63, 3.8) is 0 Å². The number of rotatable bonds is 4. The molecule has 0 saturated carbocycles. The normalized spacial score (nSPS) is 16.9. The molecule has 1 aliphatic heterocycles. The smallest absolute Gasteiger partial charge is 0.221 e. The summed E-state index contributed by atoms with van der Waals surface area (Å²) in [5, 5.41) is 9.07. The van der Waals surface area contributed by atoms with Crippen LogP contribution in [0.1, 0.15) is 29.9 Å². The van der Waals surface area contributed by atoms with Crippen molar-refractivity contribution in [2.24, 2.45) is 5.73 Å². The molecule has 154 valence electrons. The lowest BCUT2D eigenvalue weighted by Crippen LogP contribution is -2.22. The Morgan fingerprint density at radius 2 is 1.93 bits per heavy atom. The van der Waals surface area contributed by atoms with Gasteiger partial charge in [-0.05, 0) is 65.3 Å². The van der Waals surface area contributed by atoms with Crippen molar-refractivity contribution in [1.82, 2.24) is 15.2 Å². The number of fused-ring (bicyclic) bond motifs is 2. The molecule has 1 aliphatic rings. The van der Waals surface area contributed by atoms with Gasteiger partial charge in [0.05, 0.1) is 29.6 Å². The fraction of sp³-hybridized carbons (Fsp3) is 0.273. The maximum absolute atomic E-state index is 11.9. The molecule has 2 aromatic heterocycles. The van der Waals surface area contributed by atoms with Gasteiger partial charge in [-0.3, -0.25) is 9.89 Å². The summed E-state index contributed by atoms with van der Waals surface area (Å²) in [4.78, 5) is 15.0. The number of amides is 1. The van der Waals surface area contributed by atoms with Gasteiger partial charge in [-0.25, -0.2) is 8.42 Å². The number of primary amides is 1. The molecular weight excluding hydrogens is 400 g/mol. The molecule has 7 nitrogen and oxygen atoms in total. The Morgan fingerprint density at radius 1 is 1.13 bits per heavy atom. The fourth-order valence-electron chi connectivity index (χ4n) is 4.48. The van der Waals surface area contributed by atoms with Crippen LogP contribution in [0.15, 0.2) is 42.7 Å². The van der Waals surface area contributed by atoms with E-state index in [9.17, 15) is 13.2 Å². The summed E-state index contributed by atoms with van der Waals surface area (Å²) in [6.07, 6.45) is 5.11. The summed E-state index contributed by atoms with van der Waals surface area (Å²) in [6, 6.07) is 10.2. The van der Waals surface area contributed by atoms with Crippen molar-refractivity contribution in [2.75, 3.05) is 11.5 Å². The molecule has 0 unspecified atom stereocenters. The van der Waals surface area contributed by atoms with Crippen molar-refractivity contribution in [3.8, 4) is 11.1 Å². The number of nitrogens with two attached hydrogens (primary N) is 1. The number of aromatic nitrogens is 3. The number of carbonyl (C=O) groups excluding carboxylic acids is 1. The van der Waals surface area contributed by atoms with Gasteiger partial charge in [0.1, 0.15) is 9.84 Å². The second-order valence-electron chi connectivity index (χ2n) is 8.04. The maximum atomic E-state index is 11.9. The van der Waals surface area contributed by atoms with E-state index >= 15 is 0 Å². The van der Waals surface area contributed by atoms with Crippen molar-refractivity contribution >= 4 is 37.6 Å². The van der Waals surface area contributed by atoms with Gasteiger partial charge in [-0.2, -0.15) is 5.10 Å². The molecule has 0 aliphatic carbocycles. The van der Waals surface area contributed by atoms with E-state index in [1.807, 2.05) is 24.4 Å². The zero-order valence-electron chi connectivity index (χ0n) is 16.3. The van der Waals surface area contributed by atoms with E-state index in [1.165, 1.54) is 0 Å². The SMILES string of the molecule is NC(=O)Cc1cc(-c2ccc3[nH]ncc3c2)cc2c(C3CCS(=O)(=O)CC3)c[nH]c12. The van der Waals surface area contributed by atoms with Crippen LogP contribution in [0, 0.1) is 0 Å². The largest absolute Gasteiger partial charge is 0.369 e. The predicted octanol–water partition coefficient (Wildman–Crippen LogP) is 3.03. The number of nitrogens with zero attached hydrogens (tertiary/aromatic N) is 1. The standard InChI is InChI=1S/C22H22N4O3S/c23-21(27)10-16-8-15(14-1-2-20-17(7-14)11-25-26-20)9-18-19(12-24-22(16)18)13-3-5-30(28,29)6-4-13/h1-2,7-9,11-13,24H,3-6,10H2,(H2,23,27)(H,25,26). The minimum absolute atomic E-state index is 0.136. The Hall–Kier alpha value is -3.13. The number of hydrogen-bond donors (Lipinski definition) is 3. The van der Waals surface area contributed by atoms with Crippen LogP contribution in [0.2, 0.25) is 0 Å². The van der Waals surface area contributed by atoms with Crippen LogP contribution >= 0.6 is 0 Å². The van der Waals surface area contributed by atoms with Gasteiger partial charge in [-0.1, -0.05) is 6.07 Å². The number of hydrogen-bond acceptors (Lipinski definition) is 4. The van der Waals surface area contributed by atoms with Crippen LogP contribution in [0.5, 0.6) is 0 Å². The Balaban J connectivity index is 1.65. The molecule has 0 bridgehead atoms. The first-order valence-electron chi connectivity index (χ1n) is 9.96. The highest BCUT2D eigenvalue weighted by Gasteiger charge is 2.27. The summed E-state index contributed by atoms with van der Waals surface area (Å²) < 4.78 is 23.7. The predicted molar refractivity (Wildman–Crippen MR) is 117 cm³/mol. The monoisotopic (exact) mass is 422 g/mol. The number of carbonyl (C=O) groups is 1. The van der Waals surface area contributed by atoms with E-state index in [0.717, 1.165) is 44.1 Å². The van der Waals surface area contributed by atoms with Crippen LogP contribution in [0.3, 0.4) is 0 Å². The van der Waals surface area contributed by atoms with E-state index in [4.69, 9.17) is 5.73 Å². The van der Waals surface area contributed by atoms with Gasteiger partial charge < -0.3 is 10.7 Å². The summed E-state index contributed by atoms with van der Waals surface area (Å²) in [5.74, 6) is 0.221. The fourth-order valence-corrected chi connectivity index (χ4v) is 5.97. The number of nitrogens with one attached hydrogen (secondary N) is 2. The number of benzene rings is 2. The summed E-state index contributed by atoms with van der Waals surface area (Å²) in [7, 11) is -2.93. The quantitative estimate of drug-likeness (QED) is 0.468. The number of aromatic amines is 2. The van der Waals surface area contributed by atoms with Crippen molar-refractivity contribution in [3.05, 3.63) is 53.9 Å². The second-order valence-corrected chi connectivity index (χ2v) is 10.3. The third-order valence-corrected chi connectivity index (χ3v) is 7.75. The molecule has 0 spiro atoms. The van der Waals surface area contributed by atoms with Crippen LogP contribution < -0.4 is 5.73 Å². The van der Waals surface area contributed by atoms with Crippen LogP contribution in [0.4, 0.5) is 0 Å². The van der Waals surface area contributed by atoms with E-state index < -0.39 is 15.7 Å². The van der Waals surface area contributed by atoms with Gasteiger partial charge in [0.2, 0.25) is 5.91 Å². The summed E-state index contributed by atoms with van der Waals surface area (Å²) >= 11 is 0. The Bertz CT molecular complexity index is 1370. The highest BCUT2D eigenvalue weighted by Crippen LogP contribution is 2.37. The van der Waals surface area contributed by atoms with E-state index in [0.29, 0.717) is 12.8 Å². The van der Waals surface area contributed by atoms with Crippen LogP contribution in [0.25, 0.3) is 32.9 Å². The summed E-state index contributed by atoms with van der Waals surface area (Å²) in [5.41, 5.74) is 11.3. The van der Waals surface area contributed by atoms with E-state index in [2.05, 4.69) is 27.3 Å². The van der Waals surface area contributed by atoms with Gasteiger partial charge in [0.25, 0.3) is 0 Å². The lowest BCUT2D eigenvalue weighted by atomic mass is 9.90. The molecule has 4 N–H and O–H groups in total. The van der Waals surface area contributed by atoms with Crippen LogP contribution in [-0.2, 0) is 21.1 Å². The zero-order chi connectivity index (χ0) is 20.9. The van der Waals surface area contributed by atoms with Gasteiger partial charge in [0.15, 0.2) is 0 Å². The Kier molecular flexibility index (Phi) is 4.39. The van der Waals surface area contributed by atoms with Crippen molar-refractivity contribution < 1.29 is 13.2 Å². The Morgan fingerprint density at radius 3 is 2.70 bits per heavy atom. The lowest BCUT2D eigenvalue weighted by Gasteiger charge is -2.21. The van der Waals surface area contributed by atoms with Gasteiger partial charge in [-0.15, -0.1) is 0 Å². The first-order chi connectivity index (χ1) is 14.4. The minimum Gasteiger partial charge on any atom is -0.369 e. The third kappa shape index (κ3) is 3.37. The molecule has 4 aromatic rings. The molecule has 30 heavy (non-hydrogen) atoms. The topological polar surface area (TPSA) is 122 Å². The molecule has 1 fully saturated rings. The molecule has 5 rings (SSSR count). The van der Waals surface area contributed by atoms with Crippen molar-refractivity contribution in [2.45, 2.75) is 25.2 Å². The molecule has 0 atom stereocenters. The molecule has 1 amide bonds. The maximum Gasteiger partial charge on any atom is 0.221 e. The molecule has 0 radical (unpaired) electrons. The second kappa shape index (κ2) is 6.98. The molecular formula is C22H22N4O3S. The van der Waals surface area contributed by atoms with E-state index in [1.54, 1.807) is 6.20 Å². The highest BCUT2D eigenvalue weighted by atomic mass is 32.2. The summed E-state index contributed by atoms with van der Waals surface area (Å²) in [6.45, 7) is 0. The molecule has 8 heteroatoms. The highest BCUT2D eigenvalue weighted by molar-refractivity contribution is 7.91. The first-order valence-corrected chi connectivity index (χ1v) is 11.8. The molecule has 2 aromatic carbocycles. The van der Waals surface area contributed by atoms with Gasteiger partial charge >= 0.3 is 0 Å². The minimum atomic E-state index is -2.93. The van der Waals surface area contributed by atoms with E-state index in [-0.39, 0.29) is 23.8 Å². The van der Waals surface area contributed by atoms with Crippen molar-refractivity contribution in [1.29, 1.82) is 0 Å². The number of H-pyrrole nitrogens is 2. The zero-order valence-corrected chi connectivity index (χ0v) is 17.1.